The number of carbonyl (C=O) groups is 1. The second kappa shape index (κ2) is 8.55. The van der Waals surface area contributed by atoms with Crippen molar-refractivity contribution in [2.45, 2.75) is 6.10 Å². The fourth-order valence-electron chi connectivity index (χ4n) is 2.70. The molecule has 150 valence electrons. The minimum atomic E-state index is -1.05. The number of nitrogens with two attached hydrogens (primary N) is 2. The predicted octanol–water partition coefficient (Wildman–Crippen LogP) is -0.251. The molecule has 8 N–H and O–H groups in total. The maximum absolute atomic E-state index is 12.4. The van der Waals surface area contributed by atoms with Crippen molar-refractivity contribution in [1.82, 2.24) is 15.3 Å². The number of hydrogen-bond donors (Lipinski definition) is 6. The van der Waals surface area contributed by atoms with Crippen molar-refractivity contribution >= 4 is 28.3 Å². The fraction of sp³-hybridized carbons (Fsp3) is 0.150. The lowest BCUT2D eigenvalue weighted by Gasteiger charge is -2.11. The molecule has 1 atom stereocenters. The number of rotatable bonds is 6. The first-order chi connectivity index (χ1) is 13.9. The zero-order valence-electron chi connectivity index (χ0n) is 15.4. The molecule has 1 unspecified atom stereocenters. The number of aliphatic hydroxyl groups excluding tert-OH is 2. The minimum absolute atomic E-state index is 0.00901. The number of amides is 1. The van der Waals surface area contributed by atoms with Crippen LogP contribution >= 0.6 is 0 Å². The van der Waals surface area contributed by atoms with Gasteiger partial charge in [-0.25, -0.2) is 4.98 Å². The van der Waals surface area contributed by atoms with Crippen LogP contribution in [0.1, 0.15) is 21.6 Å². The molecule has 0 aliphatic rings. The highest BCUT2D eigenvalue weighted by atomic mass is 16.3. The average molecular weight is 395 g/mol. The van der Waals surface area contributed by atoms with E-state index in [-0.39, 0.29) is 29.2 Å². The summed E-state index contributed by atoms with van der Waals surface area (Å²) in [5.74, 6) is -0.451. The standard InChI is InChI=1S/C20H21N5O4/c21-16(11-4-3-5-12(8-11)19(28)23-9-13(27)10-26)17(22)18-20(29)25-15-7-2-1-6-14(15)24-18/h1-8,13,26-27H,9-10,21-22H2,(H,23,28)(H,25,29)/b17-16+. The van der Waals surface area contributed by atoms with Gasteiger partial charge in [-0.15, -0.1) is 0 Å². The van der Waals surface area contributed by atoms with E-state index in [1.54, 1.807) is 42.5 Å². The van der Waals surface area contributed by atoms with E-state index in [2.05, 4.69) is 15.3 Å². The van der Waals surface area contributed by atoms with Crippen LogP contribution in [-0.4, -0.2) is 45.3 Å². The summed E-state index contributed by atoms with van der Waals surface area (Å²) in [6.45, 7) is -0.552. The smallest absolute Gasteiger partial charge is 0.276 e. The monoisotopic (exact) mass is 395 g/mol. The Morgan fingerprint density at radius 3 is 2.59 bits per heavy atom. The number of nitrogens with one attached hydrogen (secondary N) is 2. The van der Waals surface area contributed by atoms with Gasteiger partial charge in [0.25, 0.3) is 11.5 Å². The van der Waals surface area contributed by atoms with E-state index < -0.39 is 24.2 Å². The summed E-state index contributed by atoms with van der Waals surface area (Å²) >= 11 is 0. The van der Waals surface area contributed by atoms with Crippen LogP contribution in [0.5, 0.6) is 0 Å². The van der Waals surface area contributed by atoms with Gasteiger partial charge in [-0.05, 0) is 24.3 Å². The van der Waals surface area contributed by atoms with Gasteiger partial charge in [0.05, 0.1) is 35.1 Å². The van der Waals surface area contributed by atoms with Crippen LogP contribution in [0.2, 0.25) is 0 Å². The van der Waals surface area contributed by atoms with Crippen molar-refractivity contribution in [2.24, 2.45) is 11.5 Å². The number of aliphatic hydroxyl groups is 2. The van der Waals surface area contributed by atoms with Crippen LogP contribution in [0.3, 0.4) is 0 Å². The average Bonchev–Trinajstić information content (AvgIpc) is 2.75. The lowest BCUT2D eigenvalue weighted by atomic mass is 10.1. The fourth-order valence-corrected chi connectivity index (χ4v) is 2.70. The molecule has 0 aliphatic carbocycles. The van der Waals surface area contributed by atoms with Crippen LogP contribution in [0.4, 0.5) is 0 Å². The second-order valence-electron chi connectivity index (χ2n) is 6.39. The molecule has 0 radical (unpaired) electrons. The van der Waals surface area contributed by atoms with Crippen molar-refractivity contribution in [3.63, 3.8) is 0 Å². The summed E-state index contributed by atoms with van der Waals surface area (Å²) in [6.07, 6.45) is -1.05. The second-order valence-corrected chi connectivity index (χ2v) is 6.39. The quantitative estimate of drug-likeness (QED) is 0.334. The summed E-state index contributed by atoms with van der Waals surface area (Å²) in [5, 5.41) is 20.7. The molecule has 1 heterocycles. The lowest BCUT2D eigenvalue weighted by Crippen LogP contribution is -2.33. The van der Waals surface area contributed by atoms with Gasteiger partial charge in [0.1, 0.15) is 0 Å². The van der Waals surface area contributed by atoms with Crippen LogP contribution in [0, 0.1) is 0 Å². The molecule has 9 nitrogen and oxygen atoms in total. The maximum atomic E-state index is 12.4. The van der Waals surface area contributed by atoms with Gasteiger partial charge >= 0.3 is 0 Å². The third-order valence-electron chi connectivity index (χ3n) is 4.29. The van der Waals surface area contributed by atoms with Crippen molar-refractivity contribution in [3.05, 3.63) is 75.7 Å². The Balaban J connectivity index is 1.94. The van der Waals surface area contributed by atoms with Crippen LogP contribution in [0.25, 0.3) is 22.4 Å². The summed E-state index contributed by atoms with van der Waals surface area (Å²) in [6, 6.07) is 13.4. The topological polar surface area (TPSA) is 167 Å². The zero-order valence-corrected chi connectivity index (χ0v) is 15.4. The summed E-state index contributed by atoms with van der Waals surface area (Å²) in [7, 11) is 0. The third kappa shape index (κ3) is 4.42. The van der Waals surface area contributed by atoms with E-state index in [1.165, 1.54) is 6.07 Å². The number of aromatic amines is 1. The normalized spacial score (nSPS) is 13.0. The van der Waals surface area contributed by atoms with Crippen molar-refractivity contribution < 1.29 is 15.0 Å². The minimum Gasteiger partial charge on any atom is -0.397 e. The highest BCUT2D eigenvalue weighted by Crippen LogP contribution is 2.18. The molecule has 1 amide bonds. The number of aromatic nitrogens is 2. The largest absolute Gasteiger partial charge is 0.397 e. The Morgan fingerprint density at radius 1 is 1.10 bits per heavy atom. The first-order valence-corrected chi connectivity index (χ1v) is 8.83. The van der Waals surface area contributed by atoms with Crippen molar-refractivity contribution in [3.8, 4) is 0 Å². The van der Waals surface area contributed by atoms with E-state index >= 15 is 0 Å². The molecule has 3 aromatic rings. The summed E-state index contributed by atoms with van der Waals surface area (Å²) in [5.41, 5.74) is 13.7. The SMILES string of the molecule is N/C(=C(/N)c1nc2ccccc2[nH]c1=O)c1cccc(C(=O)NCC(O)CO)c1. The maximum Gasteiger partial charge on any atom is 0.276 e. The molecule has 9 heteroatoms. The molecule has 29 heavy (non-hydrogen) atoms. The molecule has 1 aromatic heterocycles. The molecule has 3 rings (SSSR count). The number of fused-ring (bicyclic) bond motifs is 1. The van der Waals surface area contributed by atoms with Crippen LogP contribution in [0.15, 0.2) is 53.3 Å². The molecule has 0 fully saturated rings. The number of hydrogen-bond acceptors (Lipinski definition) is 7. The van der Waals surface area contributed by atoms with Gasteiger partial charge in [0.2, 0.25) is 0 Å². The Kier molecular flexibility index (Phi) is 5.91. The molecule has 0 bridgehead atoms. The van der Waals surface area contributed by atoms with Crippen LogP contribution < -0.4 is 22.3 Å². The van der Waals surface area contributed by atoms with E-state index in [0.717, 1.165) is 0 Å². The number of H-pyrrole nitrogens is 1. The van der Waals surface area contributed by atoms with E-state index in [9.17, 15) is 14.7 Å². The first-order valence-electron chi connectivity index (χ1n) is 8.83. The zero-order chi connectivity index (χ0) is 21.0. The number of nitrogens with zero attached hydrogens (tertiary/aromatic N) is 1. The Labute approximate surface area is 165 Å². The molecule has 0 saturated carbocycles. The Morgan fingerprint density at radius 2 is 1.83 bits per heavy atom. The first kappa shape index (κ1) is 20.1. The number of benzene rings is 2. The molecule has 0 saturated heterocycles. The van der Waals surface area contributed by atoms with E-state index in [4.69, 9.17) is 16.6 Å². The van der Waals surface area contributed by atoms with Gasteiger partial charge in [0, 0.05) is 17.7 Å². The highest BCUT2D eigenvalue weighted by Gasteiger charge is 2.14. The van der Waals surface area contributed by atoms with Crippen molar-refractivity contribution in [2.75, 3.05) is 13.2 Å². The van der Waals surface area contributed by atoms with Gasteiger partial charge in [0.15, 0.2) is 5.69 Å². The number of carbonyl (C=O) groups excluding carboxylic acids is 1. The molecule has 0 aliphatic heterocycles. The molecular weight excluding hydrogens is 374 g/mol. The molecule has 0 spiro atoms. The predicted molar refractivity (Wildman–Crippen MR) is 109 cm³/mol. The van der Waals surface area contributed by atoms with Gasteiger partial charge in [-0.1, -0.05) is 24.3 Å². The van der Waals surface area contributed by atoms with E-state index in [1.807, 2.05) is 0 Å². The van der Waals surface area contributed by atoms with Gasteiger partial charge in [-0.3, -0.25) is 9.59 Å². The van der Waals surface area contributed by atoms with Crippen molar-refractivity contribution in [1.29, 1.82) is 0 Å². The lowest BCUT2D eigenvalue weighted by molar-refractivity contribution is 0.0802. The Bertz CT molecular complexity index is 1140. The third-order valence-corrected chi connectivity index (χ3v) is 4.29. The summed E-state index contributed by atoms with van der Waals surface area (Å²) < 4.78 is 0. The molecular formula is C20H21N5O4. The number of para-hydroxylation sites is 2. The van der Waals surface area contributed by atoms with Crippen LogP contribution in [-0.2, 0) is 0 Å². The van der Waals surface area contributed by atoms with E-state index in [0.29, 0.717) is 16.6 Å². The molecule has 2 aromatic carbocycles. The summed E-state index contributed by atoms with van der Waals surface area (Å²) in [4.78, 5) is 31.6. The highest BCUT2D eigenvalue weighted by molar-refractivity contribution is 5.96. The van der Waals surface area contributed by atoms with Gasteiger partial charge in [-0.2, -0.15) is 0 Å². The van der Waals surface area contributed by atoms with Gasteiger partial charge < -0.3 is 32.0 Å². The Hall–Kier alpha value is -3.69.